The van der Waals surface area contributed by atoms with Crippen molar-refractivity contribution in [2.24, 2.45) is 7.05 Å². The van der Waals surface area contributed by atoms with Crippen molar-refractivity contribution in [1.29, 1.82) is 0 Å². The zero-order valence-electron chi connectivity index (χ0n) is 19.7. The first kappa shape index (κ1) is 24.0. The van der Waals surface area contributed by atoms with Gasteiger partial charge in [0, 0.05) is 32.5 Å². The molecule has 0 fully saturated rings. The number of carbonyl (C=O) groups excluding carboxylic acids is 2. The molecule has 3 aromatic rings. The number of aliphatic carboxylic acids is 1. The molecular weight excluding hydrogens is 448 g/mol. The number of hydrogen-bond donors (Lipinski definition) is 2. The number of amides is 2. The molecule has 0 atom stereocenters. The van der Waals surface area contributed by atoms with Crippen molar-refractivity contribution >= 4 is 23.7 Å². The number of carbonyl (C=O) groups is 3. The molecule has 4 rings (SSSR count). The molecule has 0 spiro atoms. The lowest BCUT2D eigenvalue weighted by molar-refractivity contribution is -0.137. The van der Waals surface area contributed by atoms with Crippen LogP contribution in [0.25, 0.3) is 11.1 Å². The highest BCUT2D eigenvalue weighted by molar-refractivity contribution is 6.01. The van der Waals surface area contributed by atoms with E-state index >= 15 is 0 Å². The molecule has 2 amide bonds. The predicted molar refractivity (Wildman–Crippen MR) is 130 cm³/mol. The van der Waals surface area contributed by atoms with Crippen LogP contribution in [-0.2, 0) is 16.6 Å². The Hall–Kier alpha value is -4.14. The summed E-state index contributed by atoms with van der Waals surface area (Å²) in [6.45, 7) is 2.65. The first-order valence-electron chi connectivity index (χ1n) is 11.6. The van der Waals surface area contributed by atoms with Crippen LogP contribution in [0.4, 0.5) is 10.5 Å². The van der Waals surface area contributed by atoms with Crippen molar-refractivity contribution in [2.45, 2.75) is 25.7 Å². The van der Waals surface area contributed by atoms with Crippen LogP contribution >= 0.6 is 0 Å². The SMILES string of the molecule is CCN(CCCC(=O)O)C(=O)c1c(NC(=O)OCC2c3ccccc3-c3ccccc32)cnn1C. The largest absolute Gasteiger partial charge is 0.481 e. The monoisotopic (exact) mass is 476 g/mol. The molecule has 35 heavy (non-hydrogen) atoms. The van der Waals surface area contributed by atoms with Gasteiger partial charge < -0.3 is 14.7 Å². The van der Waals surface area contributed by atoms with Crippen LogP contribution in [0.1, 0.15) is 47.3 Å². The summed E-state index contributed by atoms with van der Waals surface area (Å²) in [7, 11) is 1.61. The first-order valence-corrected chi connectivity index (χ1v) is 11.6. The van der Waals surface area contributed by atoms with E-state index in [0.717, 1.165) is 22.3 Å². The molecule has 9 heteroatoms. The first-order chi connectivity index (χ1) is 16.9. The van der Waals surface area contributed by atoms with E-state index in [1.54, 1.807) is 7.05 Å². The molecule has 0 saturated heterocycles. The maximum absolute atomic E-state index is 13.1. The molecule has 1 aliphatic rings. The van der Waals surface area contributed by atoms with Crippen LogP contribution in [0, 0.1) is 0 Å². The molecule has 1 heterocycles. The number of hydrogen-bond acceptors (Lipinski definition) is 5. The molecule has 182 valence electrons. The third kappa shape index (κ3) is 5.03. The van der Waals surface area contributed by atoms with E-state index in [9.17, 15) is 14.4 Å². The molecule has 1 aliphatic carbocycles. The highest BCUT2D eigenvalue weighted by Crippen LogP contribution is 2.44. The van der Waals surface area contributed by atoms with E-state index < -0.39 is 12.1 Å². The summed E-state index contributed by atoms with van der Waals surface area (Å²) in [5, 5.41) is 15.6. The number of nitrogens with zero attached hydrogens (tertiary/aromatic N) is 3. The Kier molecular flexibility index (Phi) is 7.14. The molecule has 9 nitrogen and oxygen atoms in total. The highest BCUT2D eigenvalue weighted by atomic mass is 16.5. The quantitative estimate of drug-likeness (QED) is 0.481. The fourth-order valence-electron chi connectivity index (χ4n) is 4.50. The minimum atomic E-state index is -0.911. The van der Waals surface area contributed by atoms with Gasteiger partial charge in [-0.3, -0.25) is 19.6 Å². The normalized spacial score (nSPS) is 12.1. The summed E-state index contributed by atoms with van der Waals surface area (Å²) >= 11 is 0. The van der Waals surface area contributed by atoms with E-state index in [1.807, 2.05) is 43.3 Å². The van der Waals surface area contributed by atoms with Gasteiger partial charge in [-0.15, -0.1) is 0 Å². The molecule has 0 radical (unpaired) electrons. The van der Waals surface area contributed by atoms with Gasteiger partial charge in [-0.25, -0.2) is 4.79 Å². The maximum atomic E-state index is 13.1. The predicted octanol–water partition coefficient (Wildman–Crippen LogP) is 4.11. The van der Waals surface area contributed by atoms with Crippen LogP contribution in [0.2, 0.25) is 0 Å². The van der Waals surface area contributed by atoms with E-state index in [2.05, 4.69) is 22.5 Å². The van der Waals surface area contributed by atoms with Gasteiger partial charge in [0.1, 0.15) is 12.3 Å². The van der Waals surface area contributed by atoms with Gasteiger partial charge in [-0.2, -0.15) is 5.10 Å². The Morgan fingerprint density at radius 3 is 2.31 bits per heavy atom. The summed E-state index contributed by atoms with van der Waals surface area (Å²) in [4.78, 5) is 38.1. The summed E-state index contributed by atoms with van der Waals surface area (Å²) in [5.74, 6) is -1.33. The lowest BCUT2D eigenvalue weighted by Gasteiger charge is -2.21. The lowest BCUT2D eigenvalue weighted by Crippen LogP contribution is -2.34. The second kappa shape index (κ2) is 10.4. The summed E-state index contributed by atoms with van der Waals surface area (Å²) in [6, 6.07) is 16.2. The summed E-state index contributed by atoms with van der Waals surface area (Å²) in [5.41, 5.74) is 4.94. The average Bonchev–Trinajstić information content (AvgIpc) is 3.37. The van der Waals surface area contributed by atoms with Gasteiger partial charge in [0.05, 0.1) is 11.9 Å². The van der Waals surface area contributed by atoms with Crippen molar-refractivity contribution in [3.63, 3.8) is 0 Å². The minimum absolute atomic E-state index is 0.0278. The highest BCUT2D eigenvalue weighted by Gasteiger charge is 2.29. The van der Waals surface area contributed by atoms with Gasteiger partial charge in [0.25, 0.3) is 5.91 Å². The van der Waals surface area contributed by atoms with Crippen LogP contribution < -0.4 is 5.32 Å². The Balaban J connectivity index is 1.44. The number of rotatable bonds is 9. The second-order valence-electron chi connectivity index (χ2n) is 8.36. The standard InChI is InChI=1S/C26H28N4O5/c1-3-30(14-8-13-23(31)32)25(33)24-22(15-27-29(24)2)28-26(34)35-16-21-19-11-6-4-9-17(19)18-10-5-7-12-20(18)21/h4-7,9-12,15,21H,3,8,13-14,16H2,1-2H3,(H,28,34)(H,31,32). The number of ether oxygens (including phenoxy) is 1. The fourth-order valence-corrected chi connectivity index (χ4v) is 4.50. The van der Waals surface area contributed by atoms with Crippen molar-refractivity contribution in [2.75, 3.05) is 25.0 Å². The number of aromatic nitrogens is 2. The average molecular weight is 477 g/mol. The van der Waals surface area contributed by atoms with E-state index in [1.165, 1.54) is 15.8 Å². The molecule has 0 unspecified atom stereocenters. The van der Waals surface area contributed by atoms with Crippen LogP contribution in [-0.4, -0.2) is 57.5 Å². The van der Waals surface area contributed by atoms with Gasteiger partial charge in [0.15, 0.2) is 0 Å². The molecule has 1 aromatic heterocycles. The number of fused-ring (bicyclic) bond motifs is 3. The third-order valence-electron chi connectivity index (χ3n) is 6.21. The molecule has 2 aromatic carbocycles. The number of aryl methyl sites for hydroxylation is 1. The topological polar surface area (TPSA) is 114 Å². The van der Waals surface area contributed by atoms with Gasteiger partial charge in [0.2, 0.25) is 0 Å². The van der Waals surface area contributed by atoms with Crippen molar-refractivity contribution in [1.82, 2.24) is 14.7 Å². The molecule has 0 bridgehead atoms. The summed E-state index contributed by atoms with van der Waals surface area (Å²) < 4.78 is 6.98. The van der Waals surface area contributed by atoms with E-state index in [-0.39, 0.29) is 42.8 Å². The Labute approximate surface area is 203 Å². The van der Waals surface area contributed by atoms with E-state index in [0.29, 0.717) is 13.0 Å². The van der Waals surface area contributed by atoms with Crippen LogP contribution in [0.15, 0.2) is 54.7 Å². The van der Waals surface area contributed by atoms with Gasteiger partial charge in [-0.05, 0) is 35.6 Å². The minimum Gasteiger partial charge on any atom is -0.481 e. The number of benzene rings is 2. The molecule has 0 aliphatic heterocycles. The van der Waals surface area contributed by atoms with Gasteiger partial charge in [-0.1, -0.05) is 48.5 Å². The van der Waals surface area contributed by atoms with Crippen LogP contribution in [0.5, 0.6) is 0 Å². The number of carboxylic acid groups (broad SMARTS) is 1. The molecular formula is C26H28N4O5. The third-order valence-corrected chi connectivity index (χ3v) is 6.21. The number of nitrogens with one attached hydrogen (secondary N) is 1. The number of anilines is 1. The smallest absolute Gasteiger partial charge is 0.411 e. The second-order valence-corrected chi connectivity index (χ2v) is 8.36. The van der Waals surface area contributed by atoms with Crippen molar-refractivity contribution in [3.05, 3.63) is 71.5 Å². The van der Waals surface area contributed by atoms with Crippen molar-refractivity contribution in [3.8, 4) is 11.1 Å². The molecule has 2 N–H and O–H groups in total. The zero-order valence-corrected chi connectivity index (χ0v) is 19.7. The Morgan fingerprint density at radius 2 is 1.71 bits per heavy atom. The summed E-state index contributed by atoms with van der Waals surface area (Å²) in [6.07, 6.45) is 1.03. The maximum Gasteiger partial charge on any atom is 0.411 e. The van der Waals surface area contributed by atoms with Crippen molar-refractivity contribution < 1.29 is 24.2 Å². The lowest BCUT2D eigenvalue weighted by atomic mass is 9.98. The number of carboxylic acids is 1. The zero-order chi connectivity index (χ0) is 24.9. The molecule has 0 saturated carbocycles. The van der Waals surface area contributed by atoms with Crippen LogP contribution in [0.3, 0.4) is 0 Å². The van der Waals surface area contributed by atoms with E-state index in [4.69, 9.17) is 9.84 Å². The fraction of sp³-hybridized carbons (Fsp3) is 0.308. The Bertz CT molecular complexity index is 1210. The Morgan fingerprint density at radius 1 is 1.09 bits per heavy atom. The van der Waals surface area contributed by atoms with Gasteiger partial charge >= 0.3 is 12.1 Å².